The average Bonchev–Trinajstić information content (AvgIpc) is 3.24. The summed E-state index contributed by atoms with van der Waals surface area (Å²) in [6.07, 6.45) is 0. The molecule has 1 aromatic heterocycles. The van der Waals surface area contributed by atoms with Crippen molar-refractivity contribution in [3.63, 3.8) is 0 Å². The molecule has 0 saturated carbocycles. The topological polar surface area (TPSA) is 95.5 Å². The van der Waals surface area contributed by atoms with Gasteiger partial charge in [-0.25, -0.2) is 17.2 Å². The van der Waals surface area contributed by atoms with E-state index in [1.165, 1.54) is 11.3 Å². The number of anilines is 1. The highest BCUT2D eigenvalue weighted by atomic mass is 32.2. The summed E-state index contributed by atoms with van der Waals surface area (Å²) in [4.78, 5) is 13.5. The predicted octanol–water partition coefficient (Wildman–Crippen LogP) is 2.74. The standard InChI is InChI=1S/C21H21F2N5O3S2/c1-14-2-4-15(5-3-14)20-25-26-21(32-20)24-19(29)13-27-8-10-28(11-9-27)33(30,31)18-12-16(22)6-7-17(18)23/h2-7,12H,8-11,13H2,1H3,(H,24,26,29). The van der Waals surface area contributed by atoms with Gasteiger partial charge in [-0.05, 0) is 25.1 Å². The first kappa shape index (κ1) is 23.4. The number of carbonyl (C=O) groups excluding carboxylic acids is 1. The van der Waals surface area contributed by atoms with Gasteiger partial charge in [-0.3, -0.25) is 15.0 Å². The molecule has 2 heterocycles. The van der Waals surface area contributed by atoms with E-state index in [1.807, 2.05) is 31.2 Å². The van der Waals surface area contributed by atoms with E-state index in [0.29, 0.717) is 16.2 Å². The van der Waals surface area contributed by atoms with Gasteiger partial charge in [0.25, 0.3) is 0 Å². The lowest BCUT2D eigenvalue weighted by Crippen LogP contribution is -2.50. The zero-order valence-corrected chi connectivity index (χ0v) is 19.3. The van der Waals surface area contributed by atoms with Crippen LogP contribution in [0.1, 0.15) is 5.56 Å². The minimum atomic E-state index is -4.17. The van der Waals surface area contributed by atoms with Crippen molar-refractivity contribution in [1.29, 1.82) is 0 Å². The van der Waals surface area contributed by atoms with Crippen LogP contribution in [-0.2, 0) is 14.8 Å². The molecule has 0 unspecified atom stereocenters. The van der Waals surface area contributed by atoms with Crippen molar-refractivity contribution in [2.24, 2.45) is 0 Å². The number of benzene rings is 2. The number of nitrogens with zero attached hydrogens (tertiary/aromatic N) is 4. The fourth-order valence-corrected chi connectivity index (χ4v) is 5.65. The summed E-state index contributed by atoms with van der Waals surface area (Å²) in [6.45, 7) is 2.69. The molecular weight excluding hydrogens is 472 g/mol. The van der Waals surface area contributed by atoms with Crippen LogP contribution in [0.4, 0.5) is 13.9 Å². The van der Waals surface area contributed by atoms with E-state index in [-0.39, 0.29) is 38.6 Å². The van der Waals surface area contributed by atoms with Gasteiger partial charge < -0.3 is 0 Å². The molecule has 3 aromatic rings. The number of hydrogen-bond donors (Lipinski definition) is 1. The summed E-state index contributed by atoms with van der Waals surface area (Å²) in [7, 11) is -4.17. The van der Waals surface area contributed by atoms with E-state index in [0.717, 1.165) is 27.6 Å². The maximum atomic E-state index is 14.0. The summed E-state index contributed by atoms with van der Waals surface area (Å²) in [5.74, 6) is -2.12. The minimum Gasteiger partial charge on any atom is -0.299 e. The molecule has 0 bridgehead atoms. The van der Waals surface area contributed by atoms with Crippen LogP contribution < -0.4 is 5.32 Å². The minimum absolute atomic E-state index is 0.0433. The van der Waals surface area contributed by atoms with Crippen molar-refractivity contribution < 1.29 is 22.0 Å². The molecule has 1 aliphatic rings. The molecule has 4 rings (SSSR count). The van der Waals surface area contributed by atoms with Gasteiger partial charge in [0.1, 0.15) is 21.5 Å². The lowest BCUT2D eigenvalue weighted by Gasteiger charge is -2.33. The Morgan fingerprint density at radius 3 is 2.45 bits per heavy atom. The molecule has 33 heavy (non-hydrogen) atoms. The van der Waals surface area contributed by atoms with E-state index in [4.69, 9.17) is 0 Å². The quantitative estimate of drug-likeness (QED) is 0.568. The first-order valence-electron chi connectivity index (χ1n) is 10.1. The van der Waals surface area contributed by atoms with Gasteiger partial charge in [-0.1, -0.05) is 41.2 Å². The highest BCUT2D eigenvalue weighted by Gasteiger charge is 2.31. The van der Waals surface area contributed by atoms with Gasteiger partial charge in [-0.15, -0.1) is 10.2 Å². The molecule has 1 N–H and O–H groups in total. The third-order valence-electron chi connectivity index (χ3n) is 5.18. The molecule has 2 aromatic carbocycles. The number of sulfonamides is 1. The fraction of sp³-hybridized carbons (Fsp3) is 0.286. The van der Waals surface area contributed by atoms with Crippen molar-refractivity contribution in [2.75, 3.05) is 38.0 Å². The Labute approximate surface area is 193 Å². The number of halogens is 2. The van der Waals surface area contributed by atoms with E-state index < -0.39 is 26.6 Å². The van der Waals surface area contributed by atoms with Crippen LogP contribution in [0.2, 0.25) is 0 Å². The van der Waals surface area contributed by atoms with Gasteiger partial charge in [-0.2, -0.15) is 4.31 Å². The van der Waals surface area contributed by atoms with Gasteiger partial charge in [0.05, 0.1) is 6.54 Å². The van der Waals surface area contributed by atoms with Crippen molar-refractivity contribution in [3.8, 4) is 10.6 Å². The first-order valence-corrected chi connectivity index (χ1v) is 12.4. The molecule has 0 atom stereocenters. The fourth-order valence-electron chi connectivity index (χ4n) is 3.39. The molecular formula is C21H21F2N5O3S2. The maximum Gasteiger partial charge on any atom is 0.246 e. The Bertz CT molecular complexity index is 1260. The number of amides is 1. The largest absolute Gasteiger partial charge is 0.299 e. The third-order valence-corrected chi connectivity index (χ3v) is 7.98. The van der Waals surface area contributed by atoms with E-state index >= 15 is 0 Å². The predicted molar refractivity (Wildman–Crippen MR) is 120 cm³/mol. The monoisotopic (exact) mass is 493 g/mol. The molecule has 12 heteroatoms. The normalized spacial score (nSPS) is 15.5. The van der Waals surface area contributed by atoms with Crippen molar-refractivity contribution >= 4 is 32.4 Å². The Morgan fingerprint density at radius 2 is 1.76 bits per heavy atom. The number of nitrogens with one attached hydrogen (secondary N) is 1. The summed E-state index contributed by atoms with van der Waals surface area (Å²) in [5.41, 5.74) is 2.04. The summed E-state index contributed by atoms with van der Waals surface area (Å²) < 4.78 is 53.8. The lowest BCUT2D eigenvalue weighted by atomic mass is 10.2. The Morgan fingerprint density at radius 1 is 1.06 bits per heavy atom. The van der Waals surface area contributed by atoms with Crippen LogP contribution in [0.5, 0.6) is 0 Å². The van der Waals surface area contributed by atoms with E-state index in [9.17, 15) is 22.0 Å². The van der Waals surface area contributed by atoms with Crippen LogP contribution in [-0.4, -0.2) is 66.5 Å². The number of rotatable bonds is 6. The number of carbonyl (C=O) groups is 1. The maximum absolute atomic E-state index is 14.0. The molecule has 174 valence electrons. The Balaban J connectivity index is 1.31. The first-order chi connectivity index (χ1) is 15.7. The lowest BCUT2D eigenvalue weighted by molar-refractivity contribution is -0.117. The van der Waals surface area contributed by atoms with Gasteiger partial charge in [0, 0.05) is 31.7 Å². The Kier molecular flexibility index (Phi) is 6.79. The number of hydrogen-bond acceptors (Lipinski definition) is 7. The zero-order chi connectivity index (χ0) is 23.6. The molecule has 1 amide bonds. The highest BCUT2D eigenvalue weighted by Crippen LogP contribution is 2.26. The number of aryl methyl sites for hydroxylation is 1. The van der Waals surface area contributed by atoms with Gasteiger partial charge in [0.15, 0.2) is 0 Å². The second kappa shape index (κ2) is 9.59. The molecule has 0 aliphatic carbocycles. The number of piperazine rings is 1. The van der Waals surface area contributed by atoms with Crippen LogP contribution >= 0.6 is 11.3 Å². The van der Waals surface area contributed by atoms with Crippen molar-refractivity contribution in [2.45, 2.75) is 11.8 Å². The van der Waals surface area contributed by atoms with Crippen LogP contribution in [0.25, 0.3) is 10.6 Å². The molecule has 1 saturated heterocycles. The van der Waals surface area contributed by atoms with E-state index in [2.05, 4.69) is 15.5 Å². The zero-order valence-electron chi connectivity index (χ0n) is 17.7. The van der Waals surface area contributed by atoms with Gasteiger partial charge in [0.2, 0.25) is 21.1 Å². The van der Waals surface area contributed by atoms with Crippen molar-refractivity contribution in [3.05, 3.63) is 59.7 Å². The van der Waals surface area contributed by atoms with Crippen molar-refractivity contribution in [1.82, 2.24) is 19.4 Å². The van der Waals surface area contributed by atoms with Crippen LogP contribution in [0.15, 0.2) is 47.4 Å². The smallest absolute Gasteiger partial charge is 0.246 e. The third kappa shape index (κ3) is 5.41. The molecule has 0 spiro atoms. The van der Waals surface area contributed by atoms with Gasteiger partial charge >= 0.3 is 0 Å². The Hall–Kier alpha value is -2.80. The molecule has 0 radical (unpaired) electrons. The number of aromatic nitrogens is 2. The molecule has 1 aliphatic heterocycles. The summed E-state index contributed by atoms with van der Waals surface area (Å²) in [5, 5.41) is 11.9. The highest BCUT2D eigenvalue weighted by molar-refractivity contribution is 7.89. The average molecular weight is 494 g/mol. The van der Waals surface area contributed by atoms with Crippen LogP contribution in [0.3, 0.4) is 0 Å². The van der Waals surface area contributed by atoms with Crippen LogP contribution in [0, 0.1) is 18.6 Å². The summed E-state index contributed by atoms with van der Waals surface area (Å²) in [6, 6.07) is 10.1. The molecule has 1 fully saturated rings. The second-order valence-corrected chi connectivity index (χ2v) is 10.5. The van der Waals surface area contributed by atoms with E-state index in [1.54, 1.807) is 4.90 Å². The summed E-state index contributed by atoms with van der Waals surface area (Å²) >= 11 is 1.26. The SMILES string of the molecule is Cc1ccc(-c2nnc(NC(=O)CN3CCN(S(=O)(=O)c4cc(F)ccc4F)CC3)s2)cc1. The molecule has 8 nitrogen and oxygen atoms in total. The second-order valence-electron chi connectivity index (χ2n) is 7.58.